The quantitative estimate of drug-likeness (QED) is 0.275. The number of aryl methyl sites for hydroxylation is 1. The number of carbonyl (C=O) groups is 4. The van der Waals surface area contributed by atoms with E-state index in [0.29, 0.717) is 11.3 Å². The second-order valence-electron chi connectivity index (χ2n) is 7.26. The molecule has 7 N–H and O–H groups in total. The molecule has 0 aliphatic rings. The van der Waals surface area contributed by atoms with Gasteiger partial charge in [-0.3, -0.25) is 14.9 Å². The topological polar surface area (TPSA) is 176 Å². The van der Waals surface area contributed by atoms with Gasteiger partial charge in [0, 0.05) is 17.8 Å². The third-order valence-corrected chi connectivity index (χ3v) is 5.34. The van der Waals surface area contributed by atoms with Crippen LogP contribution in [0.1, 0.15) is 22.3 Å². The Morgan fingerprint density at radius 2 is 1.74 bits per heavy atom. The number of nitrogens with one attached hydrogen (secondary N) is 4. The summed E-state index contributed by atoms with van der Waals surface area (Å²) in [6.07, 6.45) is -0.262. The molecule has 0 spiro atoms. The van der Waals surface area contributed by atoms with Crippen molar-refractivity contribution in [2.75, 3.05) is 22.5 Å². The van der Waals surface area contributed by atoms with Crippen molar-refractivity contribution in [1.29, 1.82) is 0 Å². The van der Waals surface area contributed by atoms with Crippen molar-refractivity contribution in [3.8, 4) is 11.3 Å². The summed E-state index contributed by atoms with van der Waals surface area (Å²) in [5.74, 6) is -2.46. The highest BCUT2D eigenvalue weighted by Gasteiger charge is 2.21. The van der Waals surface area contributed by atoms with E-state index in [4.69, 9.17) is 10.8 Å². The molecule has 0 fully saturated rings. The Kier molecular flexibility index (Phi) is 7.94. The number of carbonyl (C=O) groups excluding carboxylic acids is 3. The van der Waals surface area contributed by atoms with E-state index in [1.54, 1.807) is 37.3 Å². The van der Waals surface area contributed by atoms with Crippen LogP contribution in [0.3, 0.4) is 0 Å². The summed E-state index contributed by atoms with van der Waals surface area (Å²) in [6, 6.07) is 9.27. The van der Waals surface area contributed by atoms with Gasteiger partial charge < -0.3 is 26.8 Å². The number of hydrogen-bond donors (Lipinski definition) is 6. The number of carboxylic acids is 1. The number of anilines is 3. The summed E-state index contributed by atoms with van der Waals surface area (Å²) < 4.78 is 18.0. The molecule has 35 heavy (non-hydrogen) atoms. The minimum Gasteiger partial charge on any atom is -0.481 e. The van der Waals surface area contributed by atoms with E-state index in [2.05, 4.69) is 25.6 Å². The lowest BCUT2D eigenvalue weighted by Gasteiger charge is -2.10. The van der Waals surface area contributed by atoms with Crippen LogP contribution >= 0.6 is 11.5 Å². The zero-order valence-corrected chi connectivity index (χ0v) is 19.2. The minimum atomic E-state index is -1.07. The van der Waals surface area contributed by atoms with Gasteiger partial charge in [-0.15, -0.1) is 0 Å². The Morgan fingerprint density at radius 3 is 2.40 bits per heavy atom. The highest BCUT2D eigenvalue weighted by molar-refractivity contribution is 7.11. The average molecular weight is 501 g/mol. The number of primary amides is 1. The van der Waals surface area contributed by atoms with Crippen molar-refractivity contribution in [3.05, 3.63) is 59.4 Å². The van der Waals surface area contributed by atoms with E-state index in [0.717, 1.165) is 17.1 Å². The van der Waals surface area contributed by atoms with Crippen LogP contribution in [0.4, 0.5) is 30.4 Å². The monoisotopic (exact) mass is 500 g/mol. The highest BCUT2D eigenvalue weighted by Crippen LogP contribution is 2.32. The largest absolute Gasteiger partial charge is 0.481 e. The normalized spacial score (nSPS) is 10.3. The van der Waals surface area contributed by atoms with Crippen LogP contribution in [0.5, 0.6) is 0 Å². The zero-order chi connectivity index (χ0) is 25.5. The van der Waals surface area contributed by atoms with Gasteiger partial charge in [-0.05, 0) is 48.3 Å². The van der Waals surface area contributed by atoms with Gasteiger partial charge in [-0.25, -0.2) is 14.0 Å². The van der Waals surface area contributed by atoms with E-state index >= 15 is 0 Å². The molecule has 13 heteroatoms. The highest BCUT2D eigenvalue weighted by atomic mass is 32.1. The van der Waals surface area contributed by atoms with Crippen molar-refractivity contribution in [3.63, 3.8) is 0 Å². The molecule has 0 radical (unpaired) electrons. The molecule has 1 heterocycles. The molecule has 0 unspecified atom stereocenters. The van der Waals surface area contributed by atoms with Gasteiger partial charge in [0.1, 0.15) is 16.4 Å². The van der Waals surface area contributed by atoms with Gasteiger partial charge in [0.15, 0.2) is 0 Å². The van der Waals surface area contributed by atoms with Gasteiger partial charge in [0.25, 0.3) is 5.91 Å². The number of amides is 5. The van der Waals surface area contributed by atoms with Crippen molar-refractivity contribution in [2.45, 2.75) is 13.3 Å². The molecule has 3 aromatic rings. The summed E-state index contributed by atoms with van der Waals surface area (Å²) in [5, 5.41) is 18.5. The van der Waals surface area contributed by atoms with Crippen molar-refractivity contribution >= 4 is 51.8 Å². The number of carboxylic acid groups (broad SMARTS) is 1. The van der Waals surface area contributed by atoms with Gasteiger partial charge in [0.2, 0.25) is 0 Å². The first-order chi connectivity index (χ1) is 16.6. The third kappa shape index (κ3) is 6.74. The molecule has 3 rings (SSSR count). The molecule has 0 atom stereocenters. The second kappa shape index (κ2) is 11.1. The number of urea groups is 2. The zero-order valence-electron chi connectivity index (χ0n) is 18.3. The van der Waals surface area contributed by atoms with Crippen LogP contribution in [0, 0.1) is 12.7 Å². The summed E-state index contributed by atoms with van der Waals surface area (Å²) in [5.41, 5.74) is 7.40. The molecule has 0 aliphatic carbocycles. The fourth-order valence-corrected chi connectivity index (χ4v) is 3.77. The summed E-state index contributed by atoms with van der Waals surface area (Å²) in [7, 11) is 0. The predicted octanol–water partition coefficient (Wildman–Crippen LogP) is 3.60. The SMILES string of the molecule is Cc1ccc(F)c(NC(=O)Nc2ccc(-c3nsc(NC(=O)NCCC(=O)O)c3C(N)=O)cc2)c1. The molecular formula is C22H21FN6O5S. The standard InChI is InChI=1S/C22H21FN6O5S/c1-11-2-7-14(23)15(10-11)27-22(34)26-13-5-3-12(4-6-13)18-17(19(24)32)20(35-29-18)28-21(33)25-9-8-16(30)31/h2-7,10H,8-9H2,1H3,(H2,24,32)(H,30,31)(H2,25,28,33)(H2,26,27,34). The number of aliphatic carboxylic acids is 1. The molecule has 11 nitrogen and oxygen atoms in total. The molecular weight excluding hydrogens is 479 g/mol. The van der Waals surface area contributed by atoms with Crippen LogP contribution in [-0.2, 0) is 4.79 Å². The van der Waals surface area contributed by atoms with E-state index in [1.165, 1.54) is 12.1 Å². The molecule has 1 aromatic heterocycles. The first kappa shape index (κ1) is 25.1. The molecule has 0 bridgehead atoms. The summed E-state index contributed by atoms with van der Waals surface area (Å²) in [4.78, 5) is 46.8. The third-order valence-electron chi connectivity index (χ3n) is 4.58. The minimum absolute atomic E-state index is 0.0169. The first-order valence-electron chi connectivity index (χ1n) is 10.1. The number of aromatic nitrogens is 1. The molecule has 0 aliphatic heterocycles. The van der Waals surface area contributed by atoms with E-state index in [1.807, 2.05) is 0 Å². The maximum Gasteiger partial charge on any atom is 0.323 e. The Balaban J connectivity index is 1.69. The van der Waals surface area contributed by atoms with Gasteiger partial charge in [-0.2, -0.15) is 4.37 Å². The molecule has 0 saturated carbocycles. The van der Waals surface area contributed by atoms with Crippen LogP contribution in [0.15, 0.2) is 42.5 Å². The molecule has 182 valence electrons. The van der Waals surface area contributed by atoms with Gasteiger partial charge >= 0.3 is 18.0 Å². The molecule has 5 amide bonds. The summed E-state index contributed by atoms with van der Waals surface area (Å²) in [6.45, 7) is 1.67. The maximum atomic E-state index is 13.8. The number of halogens is 1. The Labute approximate surface area is 202 Å². The second-order valence-corrected chi connectivity index (χ2v) is 8.04. The van der Waals surface area contributed by atoms with Crippen LogP contribution in [0.2, 0.25) is 0 Å². The maximum absolute atomic E-state index is 13.8. The van der Waals surface area contributed by atoms with E-state index in [9.17, 15) is 23.6 Å². The average Bonchev–Trinajstić information content (AvgIpc) is 3.20. The number of hydrogen-bond acceptors (Lipinski definition) is 6. The first-order valence-corrected chi connectivity index (χ1v) is 10.9. The van der Waals surface area contributed by atoms with Crippen LogP contribution in [0.25, 0.3) is 11.3 Å². The number of rotatable bonds is 8. The summed E-state index contributed by atoms with van der Waals surface area (Å²) >= 11 is 0.832. The van der Waals surface area contributed by atoms with Crippen LogP contribution in [-0.4, -0.2) is 40.0 Å². The van der Waals surface area contributed by atoms with E-state index < -0.39 is 29.8 Å². The van der Waals surface area contributed by atoms with Crippen LogP contribution < -0.4 is 27.0 Å². The van der Waals surface area contributed by atoms with Gasteiger partial charge in [-0.1, -0.05) is 18.2 Å². The lowest BCUT2D eigenvalue weighted by Crippen LogP contribution is -2.31. The van der Waals surface area contributed by atoms with Crippen molar-refractivity contribution in [2.24, 2.45) is 5.73 Å². The Morgan fingerprint density at radius 1 is 1.03 bits per heavy atom. The number of nitrogens with two attached hydrogens (primary N) is 1. The lowest BCUT2D eigenvalue weighted by molar-refractivity contribution is -0.136. The predicted molar refractivity (Wildman–Crippen MR) is 129 cm³/mol. The van der Waals surface area contributed by atoms with Crippen molar-refractivity contribution < 1.29 is 28.7 Å². The smallest absolute Gasteiger partial charge is 0.323 e. The van der Waals surface area contributed by atoms with E-state index in [-0.39, 0.29) is 34.9 Å². The molecule has 0 saturated heterocycles. The fourth-order valence-electron chi connectivity index (χ4n) is 2.96. The van der Waals surface area contributed by atoms with Crippen molar-refractivity contribution in [1.82, 2.24) is 9.69 Å². The molecule has 2 aromatic carbocycles. The Bertz CT molecular complexity index is 1280. The number of benzene rings is 2. The number of nitrogens with zero attached hydrogens (tertiary/aromatic N) is 1. The van der Waals surface area contributed by atoms with Gasteiger partial charge in [0.05, 0.1) is 17.8 Å². The lowest BCUT2D eigenvalue weighted by atomic mass is 10.1. The Hall–Kier alpha value is -4.52. The fraction of sp³-hybridized carbons (Fsp3) is 0.136.